The second-order valence-electron chi connectivity index (χ2n) is 14.9. The molecule has 8 atom stereocenters. The Morgan fingerprint density at radius 2 is 1.31 bits per heavy atom. The normalized spacial score (nSPS) is 23.2. The molecule has 1 aromatic heterocycles. The Hall–Kier alpha value is -1.41. The van der Waals surface area contributed by atoms with E-state index in [1.807, 2.05) is 6.08 Å². The monoisotopic (exact) mass is 1050 g/mol. The number of aliphatic hydroxyl groups is 6. The molecule has 0 aromatic carbocycles. The summed E-state index contributed by atoms with van der Waals surface area (Å²) in [5.74, 6) is -0.309. The van der Waals surface area contributed by atoms with Crippen molar-refractivity contribution < 1.29 is 102 Å². The van der Waals surface area contributed by atoms with Gasteiger partial charge in [0, 0.05) is 30.5 Å². The molecule has 3 aliphatic rings. The van der Waals surface area contributed by atoms with E-state index in [0.29, 0.717) is 30.6 Å². The van der Waals surface area contributed by atoms with Crippen LogP contribution in [0.1, 0.15) is 120 Å². The number of alkyl halides is 3. The number of ether oxygens (including phenoxy) is 3. The van der Waals surface area contributed by atoms with Gasteiger partial charge in [0.05, 0.1) is 19.8 Å². The molecule has 2 fully saturated rings. The number of Topliss-reactive ketones (excluding diaryl/α,β-unsaturated/α-hetero) is 1. The Bertz CT molecular complexity index is 2010. The van der Waals surface area contributed by atoms with E-state index in [0.717, 1.165) is 32.1 Å². The molecule has 4 heterocycles. The van der Waals surface area contributed by atoms with E-state index >= 15 is 0 Å². The predicted octanol–water partition coefficient (Wildman–Crippen LogP) is 1.24. The Balaban J connectivity index is 0.000000986. The Morgan fingerprint density at radius 1 is 0.821 bits per heavy atom. The number of unbranched alkanes of at least 4 members (excludes halogenated alkanes) is 10. The summed E-state index contributed by atoms with van der Waals surface area (Å²) in [5.41, 5.74) is -4.50. The number of aromatic nitrogens is 1. The Morgan fingerprint density at radius 3 is 1.79 bits per heavy atom. The maximum atomic E-state index is 12.4. The molecule has 28 heteroatoms. The molecule has 0 aliphatic carbocycles. The van der Waals surface area contributed by atoms with Gasteiger partial charge in [-0.15, -0.1) is 0 Å². The third-order valence-electron chi connectivity index (χ3n) is 9.85. The van der Waals surface area contributed by atoms with Crippen molar-refractivity contribution in [2.75, 3.05) is 19.8 Å². The van der Waals surface area contributed by atoms with Gasteiger partial charge >= 0.3 is 83.7 Å². The number of hydrogen-bond acceptors (Lipinski definition) is 18. The fourth-order valence-electron chi connectivity index (χ4n) is 6.30. The van der Waals surface area contributed by atoms with Gasteiger partial charge in [-0.05, 0) is 25.3 Å². The van der Waals surface area contributed by atoms with Crippen LogP contribution in [0.25, 0.3) is 0 Å². The van der Waals surface area contributed by atoms with E-state index in [2.05, 4.69) is 13.8 Å². The molecule has 20 nitrogen and oxygen atoms in total. The van der Waals surface area contributed by atoms with Gasteiger partial charge < -0.3 is 49.7 Å². The second-order valence-corrected chi connectivity index (χ2v) is 18.7. The summed E-state index contributed by atoms with van der Waals surface area (Å²) in [6.07, 6.45) is 15.1. The summed E-state index contributed by atoms with van der Waals surface area (Å²) >= 11 is 2.89. The van der Waals surface area contributed by atoms with Gasteiger partial charge in [0.25, 0.3) is 6.23 Å². The van der Waals surface area contributed by atoms with Crippen LogP contribution in [0.2, 0.25) is 0 Å². The summed E-state index contributed by atoms with van der Waals surface area (Å²) in [4.78, 5) is 26.2. The molecule has 0 amide bonds. The van der Waals surface area contributed by atoms with Crippen LogP contribution < -0.4 is 4.57 Å². The first kappa shape index (κ1) is 65.6. The first-order chi connectivity index (χ1) is 31.6. The number of hydrogen-bond donors (Lipinski definition) is 7. The number of pyridine rings is 1. The average Bonchev–Trinajstić information content (AvgIpc) is 3.76. The van der Waals surface area contributed by atoms with Crippen molar-refractivity contribution in [2.24, 2.45) is 0 Å². The molecule has 67 heavy (non-hydrogen) atoms. The van der Waals surface area contributed by atoms with Crippen LogP contribution in [-0.4, -0.2) is 189 Å². The number of carbonyl (C=O) groups is 2. The fraction of sp³-hybridized carbons (Fsp3) is 0.718. The minimum atomic E-state index is -5.84. The molecular formula is C39H62F3N2Na2O18S3+. The van der Waals surface area contributed by atoms with E-state index in [9.17, 15) is 53.4 Å². The molecule has 2 unspecified atom stereocenters. The van der Waals surface area contributed by atoms with Crippen LogP contribution in [0.4, 0.5) is 13.2 Å². The zero-order chi connectivity index (χ0) is 51.3. The Labute approximate surface area is 419 Å². The van der Waals surface area contributed by atoms with Crippen LogP contribution in [-0.2, 0) is 47.7 Å². The van der Waals surface area contributed by atoms with Crippen molar-refractivity contribution in [1.82, 2.24) is 4.90 Å². The number of rotatable bonds is 20. The van der Waals surface area contributed by atoms with E-state index in [-0.39, 0.29) is 12.4 Å². The van der Waals surface area contributed by atoms with E-state index in [4.69, 9.17) is 44.0 Å². The van der Waals surface area contributed by atoms with Crippen LogP contribution in [0.15, 0.2) is 48.6 Å². The standard InChI is InChI=1S/C19H30NO6.C19H31NO5.CHF3O3S.2Na.O4S2/c1-2-3-4-5-6-7-11-25-19(24)14-9-8-10-20(12-14)18-17(23)16(22)15(13-21)26-18;1-2-3-4-5-6-7-10-15(22)14-9-8-11-20(12-14)19-18(24)17(23)16(13-21)25-19;2-1(3,4)8(5,6)7;;;1-5(2)6(3)4/h8-10,12,15-18,21-23H,2-7,11,13H2,1H3;8,11-12,16-19,21,23-24H,2-7,9-10,13H2,1H3;(H,5,6,7);;;/q+1;;;;;/t15-,16+,17?,18-;16-,17+,18?,19-;;;;/m11..../s1. The van der Waals surface area contributed by atoms with Crippen LogP contribution in [0.3, 0.4) is 0 Å². The first-order valence-electron chi connectivity index (χ1n) is 21.9. The van der Waals surface area contributed by atoms with Gasteiger partial charge in [-0.1, -0.05) is 84.1 Å². The first-order valence-corrected chi connectivity index (χ1v) is 34.0. The van der Waals surface area contributed by atoms with Crippen molar-refractivity contribution in [3.63, 3.8) is 0 Å². The molecule has 7 N–H and O–H groups in total. The van der Waals surface area contributed by atoms with Gasteiger partial charge in [0.1, 0.15) is 36.1 Å². The quantitative estimate of drug-likeness (QED) is 0.0241. The zero-order valence-corrected chi connectivity index (χ0v) is 44.5. The summed E-state index contributed by atoms with van der Waals surface area (Å²) in [6, 6.07) is 3.28. The van der Waals surface area contributed by atoms with Crippen LogP contribution in [0.5, 0.6) is 0 Å². The van der Waals surface area contributed by atoms with E-state index < -0.39 is 95.8 Å². The topological polar surface area (TPSA) is 313 Å². The molecule has 0 spiro atoms. The molecular weight excluding hydrogens is 984 g/mol. The van der Waals surface area contributed by atoms with Crippen LogP contribution in [0, 0.1) is 0 Å². The summed E-state index contributed by atoms with van der Waals surface area (Å²) in [5, 5.41) is 58.3. The predicted molar refractivity (Wildman–Crippen MR) is 235 cm³/mol. The number of nitrogens with zero attached hydrogens (tertiary/aromatic N) is 2. The third-order valence-corrected chi connectivity index (χ3v) is 11.3. The van der Waals surface area contributed by atoms with Gasteiger partial charge in [-0.3, -0.25) is 9.35 Å². The number of allylic oxidation sites excluding steroid dienone is 2. The number of aliphatic hydroxyl groups excluding tert-OH is 6. The van der Waals surface area contributed by atoms with Gasteiger partial charge in [-0.2, -0.15) is 43.0 Å². The van der Waals surface area contributed by atoms with Crippen molar-refractivity contribution >= 4 is 84.0 Å². The number of ketones is 1. The van der Waals surface area contributed by atoms with Gasteiger partial charge in [0.15, 0.2) is 30.5 Å². The molecule has 1 aromatic rings. The van der Waals surface area contributed by atoms with Crippen molar-refractivity contribution in [3.8, 4) is 0 Å². The summed E-state index contributed by atoms with van der Waals surface area (Å²) in [6.45, 7) is 3.99. The molecule has 0 saturated carbocycles. The Kier molecular flexibility index (Phi) is 34.9. The van der Waals surface area contributed by atoms with Crippen LogP contribution >= 0.6 is 0 Å². The van der Waals surface area contributed by atoms with Gasteiger partial charge in [-0.25, -0.2) is 4.79 Å². The van der Waals surface area contributed by atoms with Crippen molar-refractivity contribution in [2.45, 2.75) is 158 Å². The molecule has 376 valence electrons. The number of carbonyl (C=O) groups excluding carboxylic acids is 2. The van der Waals surface area contributed by atoms with E-state index in [1.165, 1.54) is 99.3 Å². The average molecular weight is 1050 g/mol. The third kappa shape index (κ3) is 25.0. The van der Waals surface area contributed by atoms with Crippen molar-refractivity contribution in [1.29, 1.82) is 0 Å². The molecule has 3 aliphatic heterocycles. The SMILES string of the molecule is CCCCCCCCC(=O)C1=CN([C@@H]2O[C@H](CO)[C@H](O)C2O)C=CC1.CCCCCCCCOC(=O)c1ccc[n+]([C@@H]2O[C@H](CO)[C@H](O)C2O)c1.O=S(=O)(O)C(F)(F)F.O=S(=O)=S(=O)=O.[Na][Na]. The minimum absolute atomic E-state index is 0.122. The van der Waals surface area contributed by atoms with E-state index in [1.54, 1.807) is 35.6 Å². The second kappa shape index (κ2) is 35.7. The summed E-state index contributed by atoms with van der Waals surface area (Å²) in [7, 11) is -11.7. The maximum absolute atomic E-state index is 12.4. The fourth-order valence-corrected chi connectivity index (χ4v) is 6.30. The molecule has 2 saturated heterocycles. The molecule has 4 rings (SSSR count). The number of halogens is 3. The van der Waals surface area contributed by atoms with Gasteiger partial charge in [0.2, 0.25) is 0 Å². The molecule has 0 bridgehead atoms. The number of esters is 1. The molecule has 0 radical (unpaired) electrons. The van der Waals surface area contributed by atoms with Crippen molar-refractivity contribution in [3.05, 3.63) is 54.1 Å². The summed E-state index contributed by atoms with van der Waals surface area (Å²) < 4.78 is 112. The zero-order valence-electron chi connectivity index (χ0n) is 38.1.